The molecule has 2 amide bonds. The SMILES string of the molecule is C=CCN(CCCC)C(=O)C1N([C@H](C)CO)C(=O)[C@@H]2[C@@H](C(=O)OCC)[C@@]3(C)CCC12S3. The molecule has 6 atom stereocenters. The molecule has 3 rings (SSSR count). The van der Waals surface area contributed by atoms with E-state index >= 15 is 0 Å². The summed E-state index contributed by atoms with van der Waals surface area (Å²) < 4.78 is 4.28. The molecule has 2 unspecified atom stereocenters. The zero-order valence-electron chi connectivity index (χ0n) is 19.1. The number of hydrogen-bond acceptors (Lipinski definition) is 6. The first kappa shape index (κ1) is 24.1. The molecule has 7 nitrogen and oxygen atoms in total. The average Bonchev–Trinajstić information content (AvgIpc) is 3.31. The summed E-state index contributed by atoms with van der Waals surface area (Å²) >= 11 is 1.63. The number of nitrogens with zero attached hydrogens (tertiary/aromatic N) is 2. The van der Waals surface area contributed by atoms with Crippen molar-refractivity contribution in [1.29, 1.82) is 0 Å². The van der Waals surface area contributed by atoms with Crippen molar-refractivity contribution in [1.82, 2.24) is 9.80 Å². The number of unbranched alkanes of at least 4 members (excludes halogenated alkanes) is 1. The van der Waals surface area contributed by atoms with Crippen LogP contribution in [0.5, 0.6) is 0 Å². The molecule has 0 aromatic heterocycles. The van der Waals surface area contributed by atoms with Crippen molar-refractivity contribution in [3.63, 3.8) is 0 Å². The molecule has 174 valence electrons. The van der Waals surface area contributed by atoms with Crippen LogP contribution in [-0.4, -0.2) is 80.6 Å². The molecule has 0 aliphatic carbocycles. The highest BCUT2D eigenvalue weighted by Crippen LogP contribution is 2.71. The first-order chi connectivity index (χ1) is 14.7. The number of ether oxygens (including phenoxy) is 1. The molecule has 3 aliphatic rings. The zero-order valence-corrected chi connectivity index (χ0v) is 20.0. The number of aliphatic hydroxyl groups excluding tert-OH is 1. The highest BCUT2D eigenvalue weighted by molar-refractivity contribution is 8.02. The Morgan fingerprint density at radius 2 is 2.13 bits per heavy atom. The molecule has 0 saturated carbocycles. The van der Waals surface area contributed by atoms with Crippen LogP contribution in [0.2, 0.25) is 0 Å². The summed E-state index contributed by atoms with van der Waals surface area (Å²) in [5.74, 6) is -1.84. The fourth-order valence-corrected chi connectivity index (χ4v) is 8.09. The fraction of sp³-hybridized carbons (Fsp3) is 0.783. The first-order valence-electron chi connectivity index (χ1n) is 11.4. The number of esters is 1. The minimum atomic E-state index is -0.699. The number of aliphatic hydroxyl groups is 1. The van der Waals surface area contributed by atoms with Crippen molar-refractivity contribution >= 4 is 29.5 Å². The summed E-state index contributed by atoms with van der Waals surface area (Å²) in [6.45, 7) is 12.5. The Kier molecular flexibility index (Phi) is 7.11. The number of thioether (sulfide) groups is 1. The van der Waals surface area contributed by atoms with Gasteiger partial charge in [-0.3, -0.25) is 14.4 Å². The molecule has 8 heteroatoms. The zero-order chi connectivity index (χ0) is 23.0. The fourth-order valence-electron chi connectivity index (χ4n) is 5.76. The lowest BCUT2D eigenvalue weighted by atomic mass is 9.66. The monoisotopic (exact) mass is 452 g/mol. The molecule has 3 heterocycles. The van der Waals surface area contributed by atoms with Gasteiger partial charge in [0.15, 0.2) is 0 Å². The van der Waals surface area contributed by atoms with Gasteiger partial charge < -0.3 is 19.6 Å². The maximum absolute atomic E-state index is 13.9. The van der Waals surface area contributed by atoms with E-state index in [0.29, 0.717) is 19.5 Å². The standard InChI is InChI=1S/C23H36N2O5S/c1-6-9-13-24(12-7-2)20(28)18-23-11-10-22(5,31-23)17(21(29)30-8-3)16(23)19(27)25(18)15(4)14-26/h7,15-18,26H,2,6,8-14H2,1,3-5H3/t15-,16+,17+,18?,22-,23?/m1/s1. The van der Waals surface area contributed by atoms with Crippen LogP contribution in [0, 0.1) is 11.8 Å². The Hall–Kier alpha value is -1.54. The lowest BCUT2D eigenvalue weighted by Gasteiger charge is -2.38. The molecule has 3 saturated heterocycles. The average molecular weight is 453 g/mol. The van der Waals surface area contributed by atoms with Gasteiger partial charge in [-0.15, -0.1) is 18.3 Å². The second-order valence-electron chi connectivity index (χ2n) is 9.18. The van der Waals surface area contributed by atoms with Crippen LogP contribution in [0.15, 0.2) is 12.7 Å². The van der Waals surface area contributed by atoms with E-state index in [2.05, 4.69) is 13.5 Å². The van der Waals surface area contributed by atoms with E-state index in [4.69, 9.17) is 4.74 Å². The molecule has 1 spiro atoms. The number of hydrogen-bond donors (Lipinski definition) is 1. The molecular weight excluding hydrogens is 416 g/mol. The predicted molar refractivity (Wildman–Crippen MR) is 120 cm³/mol. The molecule has 0 aromatic rings. The van der Waals surface area contributed by atoms with Crippen LogP contribution in [-0.2, 0) is 19.1 Å². The summed E-state index contributed by atoms with van der Waals surface area (Å²) in [7, 11) is 0. The molecular formula is C23H36N2O5S. The highest BCUT2D eigenvalue weighted by atomic mass is 32.2. The summed E-state index contributed by atoms with van der Waals surface area (Å²) in [6, 6.07) is -1.20. The Morgan fingerprint density at radius 3 is 2.71 bits per heavy atom. The van der Waals surface area contributed by atoms with Crippen molar-refractivity contribution in [2.75, 3.05) is 26.3 Å². The number of fused-ring (bicyclic) bond motifs is 1. The van der Waals surface area contributed by atoms with Gasteiger partial charge in [0.2, 0.25) is 11.8 Å². The quantitative estimate of drug-likeness (QED) is 0.404. The molecule has 31 heavy (non-hydrogen) atoms. The third-order valence-corrected chi connectivity index (χ3v) is 9.16. The summed E-state index contributed by atoms with van der Waals surface area (Å²) in [5, 5.41) is 9.90. The lowest BCUT2D eigenvalue weighted by Crippen LogP contribution is -2.57. The summed E-state index contributed by atoms with van der Waals surface area (Å²) in [4.78, 5) is 44.0. The molecule has 1 N–H and O–H groups in total. The van der Waals surface area contributed by atoms with Crippen LogP contribution in [0.25, 0.3) is 0 Å². The van der Waals surface area contributed by atoms with E-state index in [1.807, 2.05) is 6.92 Å². The number of likely N-dealkylation sites (tertiary alicyclic amines) is 1. The van der Waals surface area contributed by atoms with Crippen LogP contribution in [0.3, 0.4) is 0 Å². The van der Waals surface area contributed by atoms with Gasteiger partial charge in [-0.1, -0.05) is 19.4 Å². The van der Waals surface area contributed by atoms with Gasteiger partial charge in [0.1, 0.15) is 6.04 Å². The van der Waals surface area contributed by atoms with Crippen LogP contribution in [0.4, 0.5) is 0 Å². The molecule has 0 radical (unpaired) electrons. The van der Waals surface area contributed by atoms with Crippen LogP contribution >= 0.6 is 11.8 Å². The second-order valence-corrected chi connectivity index (χ2v) is 11.1. The minimum Gasteiger partial charge on any atom is -0.466 e. The largest absolute Gasteiger partial charge is 0.466 e. The van der Waals surface area contributed by atoms with E-state index < -0.39 is 33.4 Å². The van der Waals surface area contributed by atoms with Gasteiger partial charge in [-0.25, -0.2) is 0 Å². The van der Waals surface area contributed by atoms with Gasteiger partial charge in [-0.2, -0.15) is 0 Å². The Bertz CT molecular complexity index is 745. The van der Waals surface area contributed by atoms with Gasteiger partial charge in [-0.05, 0) is 40.0 Å². The first-order valence-corrected chi connectivity index (χ1v) is 12.2. The maximum atomic E-state index is 13.9. The van der Waals surface area contributed by atoms with Gasteiger partial charge in [0.25, 0.3) is 0 Å². The van der Waals surface area contributed by atoms with Gasteiger partial charge >= 0.3 is 5.97 Å². The predicted octanol–water partition coefficient (Wildman–Crippen LogP) is 2.23. The van der Waals surface area contributed by atoms with Gasteiger partial charge in [0.05, 0.1) is 35.8 Å². The van der Waals surface area contributed by atoms with Crippen molar-refractivity contribution in [3.8, 4) is 0 Å². The number of amides is 2. The lowest BCUT2D eigenvalue weighted by molar-refractivity contribution is -0.155. The third kappa shape index (κ3) is 3.69. The number of carbonyl (C=O) groups excluding carboxylic acids is 3. The van der Waals surface area contributed by atoms with E-state index in [0.717, 1.165) is 19.3 Å². The number of rotatable bonds is 10. The van der Waals surface area contributed by atoms with Crippen molar-refractivity contribution in [2.24, 2.45) is 11.8 Å². The van der Waals surface area contributed by atoms with Gasteiger partial charge in [0, 0.05) is 17.8 Å². The molecule has 3 fully saturated rings. The molecule has 0 aromatic carbocycles. The van der Waals surface area contributed by atoms with Crippen molar-refractivity contribution < 1.29 is 24.2 Å². The maximum Gasteiger partial charge on any atom is 0.311 e. The Balaban J connectivity index is 2.07. The van der Waals surface area contributed by atoms with Crippen molar-refractivity contribution in [2.45, 2.75) is 75.0 Å². The smallest absolute Gasteiger partial charge is 0.311 e. The highest BCUT2D eigenvalue weighted by Gasteiger charge is 2.78. The summed E-state index contributed by atoms with van der Waals surface area (Å²) in [5.41, 5.74) is 0. The topological polar surface area (TPSA) is 87.2 Å². The van der Waals surface area contributed by atoms with Crippen molar-refractivity contribution in [3.05, 3.63) is 12.7 Å². The Labute approximate surface area is 189 Å². The van der Waals surface area contributed by atoms with Crippen LogP contribution < -0.4 is 0 Å². The summed E-state index contributed by atoms with van der Waals surface area (Å²) in [6.07, 6.45) is 4.98. The van der Waals surface area contributed by atoms with Crippen LogP contribution in [0.1, 0.15) is 53.4 Å². The number of carbonyl (C=O) groups is 3. The minimum absolute atomic E-state index is 0.106. The van der Waals surface area contributed by atoms with E-state index in [1.54, 1.807) is 41.5 Å². The third-order valence-electron chi connectivity index (χ3n) is 7.17. The normalized spacial score (nSPS) is 34.5. The van der Waals surface area contributed by atoms with E-state index in [9.17, 15) is 19.5 Å². The van der Waals surface area contributed by atoms with E-state index in [1.165, 1.54) is 0 Å². The second kappa shape index (κ2) is 9.14. The van der Waals surface area contributed by atoms with E-state index in [-0.39, 0.29) is 31.0 Å². The molecule has 3 aliphatic heterocycles. The Morgan fingerprint density at radius 1 is 1.42 bits per heavy atom. The molecule has 2 bridgehead atoms.